The van der Waals surface area contributed by atoms with E-state index < -0.39 is 0 Å². The number of nitrogens with one attached hydrogen (secondary N) is 2. The predicted octanol–water partition coefficient (Wildman–Crippen LogP) is 3.63. The van der Waals surface area contributed by atoms with Crippen LogP contribution < -0.4 is 10.6 Å². The van der Waals surface area contributed by atoms with Gasteiger partial charge in [-0.05, 0) is 55.8 Å². The van der Waals surface area contributed by atoms with Crippen molar-refractivity contribution in [2.24, 2.45) is 5.92 Å². The molecule has 1 aliphatic heterocycles. The molecule has 1 saturated heterocycles. The molecule has 1 aromatic carbocycles. The quantitative estimate of drug-likeness (QED) is 0.612. The number of amides is 2. The largest absolute Gasteiger partial charge is 0.310 e. The Morgan fingerprint density at radius 1 is 1.16 bits per heavy atom. The summed E-state index contributed by atoms with van der Waals surface area (Å²) < 4.78 is 13.1. The van der Waals surface area contributed by atoms with Crippen LogP contribution in [0.2, 0.25) is 0 Å². The van der Waals surface area contributed by atoms with Gasteiger partial charge in [-0.1, -0.05) is 6.07 Å². The van der Waals surface area contributed by atoms with Gasteiger partial charge in [0, 0.05) is 23.7 Å². The van der Waals surface area contributed by atoms with Crippen LogP contribution >= 0.6 is 11.3 Å². The Labute approximate surface area is 183 Å². The van der Waals surface area contributed by atoms with Crippen molar-refractivity contribution in [3.8, 4) is 11.3 Å². The number of aromatic nitrogens is 2. The number of hydrogen-bond donors (Lipinski definition) is 2. The van der Waals surface area contributed by atoms with Crippen molar-refractivity contribution in [1.29, 1.82) is 0 Å². The van der Waals surface area contributed by atoms with Crippen LogP contribution in [0.25, 0.3) is 11.3 Å². The summed E-state index contributed by atoms with van der Waals surface area (Å²) in [4.78, 5) is 35.5. The molecular formula is C22H22FN5O2S. The average Bonchev–Trinajstić information content (AvgIpc) is 3.23. The summed E-state index contributed by atoms with van der Waals surface area (Å²) in [6.45, 7) is 1.48. The predicted molar refractivity (Wildman–Crippen MR) is 118 cm³/mol. The monoisotopic (exact) mass is 439 g/mol. The van der Waals surface area contributed by atoms with E-state index in [0.717, 1.165) is 24.9 Å². The van der Waals surface area contributed by atoms with Gasteiger partial charge in [-0.15, -0.1) is 11.3 Å². The molecule has 2 amide bonds. The Balaban J connectivity index is 1.29. The molecule has 0 saturated carbocycles. The number of carbonyl (C=O) groups excluding carboxylic acids is 2. The summed E-state index contributed by atoms with van der Waals surface area (Å²) >= 11 is 1.32. The van der Waals surface area contributed by atoms with E-state index in [1.165, 1.54) is 23.5 Å². The number of anilines is 2. The second-order valence-corrected chi connectivity index (χ2v) is 8.23. The second-order valence-electron chi connectivity index (χ2n) is 7.37. The maximum Gasteiger partial charge on any atom is 0.240 e. The summed E-state index contributed by atoms with van der Waals surface area (Å²) in [5.41, 5.74) is 1.47. The highest BCUT2D eigenvalue weighted by atomic mass is 32.1. The van der Waals surface area contributed by atoms with Crippen molar-refractivity contribution in [3.63, 3.8) is 0 Å². The van der Waals surface area contributed by atoms with E-state index in [9.17, 15) is 14.0 Å². The van der Waals surface area contributed by atoms with Crippen LogP contribution in [0.4, 0.5) is 15.3 Å². The summed E-state index contributed by atoms with van der Waals surface area (Å²) in [6.07, 6.45) is 3.26. The minimum absolute atomic E-state index is 0.0762. The lowest BCUT2D eigenvalue weighted by molar-refractivity contribution is -0.123. The molecule has 1 atom stereocenters. The minimum Gasteiger partial charge on any atom is -0.310 e. The van der Waals surface area contributed by atoms with Crippen molar-refractivity contribution in [2.75, 3.05) is 30.3 Å². The van der Waals surface area contributed by atoms with Gasteiger partial charge in [0.05, 0.1) is 18.2 Å². The van der Waals surface area contributed by atoms with E-state index in [-0.39, 0.29) is 30.1 Å². The number of nitrogens with zero attached hydrogens (tertiary/aromatic N) is 3. The smallest absolute Gasteiger partial charge is 0.240 e. The first-order chi connectivity index (χ1) is 15.1. The topological polar surface area (TPSA) is 87.2 Å². The SMILES string of the molecule is O=C(CN1CCC[C@H](C(=O)Nc2ccccn2)C1)Nc1nc(-c2ccc(F)cc2)cs1. The van der Waals surface area contributed by atoms with Gasteiger partial charge in [0.25, 0.3) is 0 Å². The van der Waals surface area contributed by atoms with Gasteiger partial charge in [0.1, 0.15) is 11.6 Å². The van der Waals surface area contributed by atoms with Crippen molar-refractivity contribution in [2.45, 2.75) is 12.8 Å². The molecule has 2 N–H and O–H groups in total. The highest BCUT2D eigenvalue weighted by Gasteiger charge is 2.27. The van der Waals surface area contributed by atoms with Gasteiger partial charge in [0.2, 0.25) is 11.8 Å². The molecule has 0 aliphatic carbocycles. The average molecular weight is 440 g/mol. The zero-order valence-electron chi connectivity index (χ0n) is 16.8. The molecule has 2 aromatic heterocycles. The van der Waals surface area contributed by atoms with Crippen molar-refractivity contribution in [3.05, 3.63) is 59.9 Å². The van der Waals surface area contributed by atoms with E-state index in [2.05, 4.69) is 20.6 Å². The molecule has 3 heterocycles. The fourth-order valence-electron chi connectivity index (χ4n) is 3.52. The molecule has 1 fully saturated rings. The van der Waals surface area contributed by atoms with Crippen molar-refractivity contribution < 1.29 is 14.0 Å². The van der Waals surface area contributed by atoms with Crippen LogP contribution in [0.5, 0.6) is 0 Å². The first-order valence-electron chi connectivity index (χ1n) is 10.0. The molecule has 160 valence electrons. The van der Waals surface area contributed by atoms with Crippen LogP contribution in [0.3, 0.4) is 0 Å². The van der Waals surface area contributed by atoms with Crippen molar-refractivity contribution in [1.82, 2.24) is 14.9 Å². The van der Waals surface area contributed by atoms with Crippen LogP contribution in [0.1, 0.15) is 12.8 Å². The van der Waals surface area contributed by atoms with Gasteiger partial charge in [0.15, 0.2) is 5.13 Å². The van der Waals surface area contributed by atoms with E-state index >= 15 is 0 Å². The third-order valence-electron chi connectivity index (χ3n) is 5.05. The maximum atomic E-state index is 13.1. The normalized spacial score (nSPS) is 16.6. The van der Waals surface area contributed by atoms with Crippen molar-refractivity contribution >= 4 is 34.1 Å². The standard InChI is InChI=1S/C22H22FN5O2S/c23-17-8-6-15(7-9-17)18-14-31-22(25-18)27-20(29)13-28-11-3-4-16(12-28)21(30)26-19-5-1-2-10-24-19/h1-2,5-10,14,16H,3-4,11-13H2,(H,24,26,30)(H,25,27,29)/t16-/m0/s1. The first-order valence-corrected chi connectivity index (χ1v) is 10.9. The molecule has 3 aromatic rings. The summed E-state index contributed by atoms with van der Waals surface area (Å²) in [5.74, 6) is -0.212. The van der Waals surface area contributed by atoms with Gasteiger partial charge in [-0.25, -0.2) is 14.4 Å². The minimum atomic E-state index is -0.305. The molecule has 4 rings (SSSR count). The zero-order chi connectivity index (χ0) is 21.6. The molecule has 9 heteroatoms. The van der Waals surface area contributed by atoms with E-state index in [1.54, 1.807) is 30.5 Å². The van der Waals surface area contributed by atoms with Crippen LogP contribution in [-0.2, 0) is 9.59 Å². The molecule has 1 aliphatic rings. The molecule has 7 nitrogen and oxygen atoms in total. The second kappa shape index (κ2) is 9.76. The van der Waals surface area contributed by atoms with E-state index in [4.69, 9.17) is 0 Å². The lowest BCUT2D eigenvalue weighted by Gasteiger charge is -2.31. The fourth-order valence-corrected chi connectivity index (χ4v) is 4.26. The third-order valence-corrected chi connectivity index (χ3v) is 5.81. The van der Waals surface area contributed by atoms with E-state index in [1.807, 2.05) is 16.3 Å². The van der Waals surface area contributed by atoms with E-state index in [0.29, 0.717) is 23.2 Å². The Hall–Kier alpha value is -3.17. The molecule has 0 radical (unpaired) electrons. The first kappa shape index (κ1) is 21.1. The number of pyridine rings is 1. The molecule has 0 spiro atoms. The fraction of sp³-hybridized carbons (Fsp3) is 0.273. The Morgan fingerprint density at radius 3 is 2.77 bits per heavy atom. The lowest BCUT2D eigenvalue weighted by atomic mass is 9.97. The van der Waals surface area contributed by atoms with Crippen LogP contribution in [0, 0.1) is 11.7 Å². The highest BCUT2D eigenvalue weighted by Crippen LogP contribution is 2.25. The third kappa shape index (κ3) is 5.71. The number of thiazole rings is 1. The summed E-state index contributed by atoms with van der Waals surface area (Å²) in [6, 6.07) is 11.4. The molecule has 0 unspecified atom stereocenters. The van der Waals surface area contributed by atoms with Gasteiger partial charge < -0.3 is 10.6 Å². The molecular weight excluding hydrogens is 417 g/mol. The van der Waals surface area contributed by atoms with Crippen LogP contribution in [0.15, 0.2) is 54.0 Å². The number of carbonyl (C=O) groups is 2. The lowest BCUT2D eigenvalue weighted by Crippen LogP contribution is -2.44. The summed E-state index contributed by atoms with van der Waals surface area (Å²) in [7, 11) is 0. The highest BCUT2D eigenvalue weighted by molar-refractivity contribution is 7.14. The van der Waals surface area contributed by atoms with Gasteiger partial charge in [-0.2, -0.15) is 0 Å². The number of likely N-dealkylation sites (tertiary alicyclic amines) is 1. The zero-order valence-corrected chi connectivity index (χ0v) is 17.6. The Morgan fingerprint density at radius 2 is 2.00 bits per heavy atom. The maximum absolute atomic E-state index is 13.1. The van der Waals surface area contributed by atoms with Gasteiger partial charge >= 0.3 is 0 Å². The number of rotatable bonds is 6. The Bertz CT molecular complexity index is 1040. The number of hydrogen-bond acceptors (Lipinski definition) is 6. The summed E-state index contributed by atoms with van der Waals surface area (Å²) in [5, 5.41) is 7.97. The van der Waals surface area contributed by atoms with Crippen LogP contribution in [-0.4, -0.2) is 46.3 Å². The molecule has 31 heavy (non-hydrogen) atoms. The number of benzene rings is 1. The number of halogens is 1. The number of piperidine rings is 1. The molecule has 0 bridgehead atoms. The Kier molecular flexibility index (Phi) is 6.63. The van der Waals surface area contributed by atoms with Gasteiger partial charge in [-0.3, -0.25) is 14.5 Å².